The molecule has 0 radical (unpaired) electrons. The summed E-state index contributed by atoms with van der Waals surface area (Å²) in [5.41, 5.74) is 0.542. The molecular weight excluding hydrogens is 262 g/mol. The van der Waals surface area contributed by atoms with Crippen LogP contribution in [-0.2, 0) is 22.7 Å². The van der Waals surface area contributed by atoms with Gasteiger partial charge >= 0.3 is 5.97 Å². The molecule has 0 unspecified atom stereocenters. The molecule has 0 aromatic carbocycles. The number of nitrogens with zero attached hydrogens (tertiary/aromatic N) is 3. The molecule has 0 saturated carbocycles. The van der Waals surface area contributed by atoms with Crippen molar-refractivity contribution in [2.75, 3.05) is 6.54 Å². The largest absolute Gasteiger partial charge is 0.480 e. The number of hydrogen-bond donors (Lipinski definition) is 3. The maximum atomic E-state index is 11.6. The second-order valence-electron chi connectivity index (χ2n) is 4.79. The number of nitrogens with one attached hydrogen (secondary N) is 2. The van der Waals surface area contributed by atoms with E-state index < -0.39 is 5.97 Å². The van der Waals surface area contributed by atoms with Gasteiger partial charge in [-0.05, 0) is 13.0 Å². The quantitative estimate of drug-likeness (QED) is 0.540. The van der Waals surface area contributed by atoms with Crippen molar-refractivity contribution in [3.8, 4) is 0 Å². The van der Waals surface area contributed by atoms with E-state index in [0.29, 0.717) is 18.2 Å². The molecule has 1 aromatic heterocycles. The van der Waals surface area contributed by atoms with Crippen LogP contribution in [0.1, 0.15) is 32.4 Å². The molecule has 0 aliphatic carbocycles. The number of hydrogen-bond acceptors (Lipinski definition) is 5. The first-order valence-electron chi connectivity index (χ1n) is 6.58. The van der Waals surface area contributed by atoms with E-state index in [1.54, 1.807) is 0 Å². The molecule has 1 rings (SSSR count). The lowest BCUT2D eigenvalue weighted by Gasteiger charge is -2.07. The molecule has 1 heterocycles. The van der Waals surface area contributed by atoms with Crippen molar-refractivity contribution in [3.63, 3.8) is 0 Å². The van der Waals surface area contributed by atoms with E-state index in [1.165, 1.54) is 10.9 Å². The summed E-state index contributed by atoms with van der Waals surface area (Å²) in [7, 11) is 0. The Kier molecular flexibility index (Phi) is 6.65. The minimum Gasteiger partial charge on any atom is -0.480 e. The van der Waals surface area contributed by atoms with Crippen LogP contribution in [0, 0.1) is 0 Å². The van der Waals surface area contributed by atoms with Crippen LogP contribution < -0.4 is 10.6 Å². The summed E-state index contributed by atoms with van der Waals surface area (Å²) in [6.07, 6.45) is 2.73. The highest BCUT2D eigenvalue weighted by molar-refractivity contribution is 5.75. The van der Waals surface area contributed by atoms with Crippen LogP contribution in [0.15, 0.2) is 6.20 Å². The summed E-state index contributed by atoms with van der Waals surface area (Å²) in [6.45, 7) is 4.94. The number of carbonyl (C=O) groups is 2. The van der Waals surface area contributed by atoms with Crippen LogP contribution in [0.25, 0.3) is 0 Å². The number of rotatable bonds is 9. The van der Waals surface area contributed by atoms with Gasteiger partial charge in [0.1, 0.15) is 12.2 Å². The van der Waals surface area contributed by atoms with E-state index in [-0.39, 0.29) is 19.0 Å². The fourth-order valence-corrected chi connectivity index (χ4v) is 1.55. The Morgan fingerprint density at radius 1 is 1.45 bits per heavy atom. The molecule has 0 aliphatic rings. The molecule has 8 nitrogen and oxygen atoms in total. The second-order valence-corrected chi connectivity index (χ2v) is 4.79. The highest BCUT2D eigenvalue weighted by atomic mass is 16.4. The first-order valence-corrected chi connectivity index (χ1v) is 6.58. The molecule has 0 fully saturated rings. The van der Waals surface area contributed by atoms with Crippen molar-refractivity contribution in [2.24, 2.45) is 0 Å². The lowest BCUT2D eigenvalue weighted by Crippen LogP contribution is -2.27. The van der Waals surface area contributed by atoms with E-state index >= 15 is 0 Å². The van der Waals surface area contributed by atoms with Gasteiger partial charge in [0, 0.05) is 12.5 Å². The van der Waals surface area contributed by atoms with Gasteiger partial charge in [0.15, 0.2) is 0 Å². The van der Waals surface area contributed by atoms with Crippen LogP contribution in [0.2, 0.25) is 0 Å². The van der Waals surface area contributed by atoms with Crippen molar-refractivity contribution in [1.82, 2.24) is 25.6 Å². The Labute approximate surface area is 117 Å². The van der Waals surface area contributed by atoms with Gasteiger partial charge in [-0.1, -0.05) is 19.1 Å². The van der Waals surface area contributed by atoms with Crippen LogP contribution >= 0.6 is 0 Å². The highest BCUT2D eigenvalue weighted by Crippen LogP contribution is 1.94. The molecular formula is C12H21N5O3. The smallest absolute Gasteiger partial charge is 0.325 e. The Balaban J connectivity index is 2.20. The van der Waals surface area contributed by atoms with Crippen LogP contribution in [0.5, 0.6) is 0 Å². The average molecular weight is 283 g/mol. The number of aromatic nitrogens is 3. The maximum Gasteiger partial charge on any atom is 0.325 e. The average Bonchev–Trinajstić information content (AvgIpc) is 2.78. The van der Waals surface area contributed by atoms with Gasteiger partial charge < -0.3 is 15.7 Å². The third-order valence-corrected chi connectivity index (χ3v) is 2.48. The van der Waals surface area contributed by atoms with E-state index in [2.05, 4.69) is 34.8 Å². The molecule has 112 valence electrons. The Morgan fingerprint density at radius 2 is 2.20 bits per heavy atom. The van der Waals surface area contributed by atoms with Gasteiger partial charge in [-0.25, -0.2) is 4.68 Å². The third-order valence-electron chi connectivity index (χ3n) is 2.48. The summed E-state index contributed by atoms with van der Waals surface area (Å²) >= 11 is 0. The Bertz CT molecular complexity index is 444. The molecule has 0 spiro atoms. The summed E-state index contributed by atoms with van der Waals surface area (Å²) in [5.74, 6) is -1.04. The molecule has 20 heavy (non-hydrogen) atoms. The van der Waals surface area contributed by atoms with Crippen molar-refractivity contribution in [2.45, 2.75) is 45.8 Å². The first-order chi connectivity index (χ1) is 9.47. The molecule has 8 heteroatoms. The normalized spacial score (nSPS) is 10.8. The van der Waals surface area contributed by atoms with Gasteiger partial charge in [-0.15, -0.1) is 5.10 Å². The zero-order chi connectivity index (χ0) is 15.0. The van der Waals surface area contributed by atoms with Gasteiger partial charge in [0.25, 0.3) is 0 Å². The van der Waals surface area contributed by atoms with Gasteiger partial charge in [0.2, 0.25) is 5.91 Å². The molecule has 0 atom stereocenters. The number of aliphatic carboxylic acids is 1. The van der Waals surface area contributed by atoms with Gasteiger partial charge in [0.05, 0.1) is 12.7 Å². The van der Waals surface area contributed by atoms with Gasteiger partial charge in [-0.3, -0.25) is 9.59 Å². The summed E-state index contributed by atoms with van der Waals surface area (Å²) in [6, 6.07) is 0.419. The zero-order valence-electron chi connectivity index (χ0n) is 11.8. The molecule has 1 aromatic rings. The first kappa shape index (κ1) is 16.1. The van der Waals surface area contributed by atoms with Gasteiger partial charge in [-0.2, -0.15) is 0 Å². The van der Waals surface area contributed by atoms with Crippen LogP contribution in [0.3, 0.4) is 0 Å². The second kappa shape index (κ2) is 8.26. The maximum absolute atomic E-state index is 11.6. The Hall–Kier alpha value is -1.96. The van der Waals surface area contributed by atoms with E-state index in [4.69, 9.17) is 5.11 Å². The van der Waals surface area contributed by atoms with E-state index in [9.17, 15) is 9.59 Å². The number of carbonyl (C=O) groups excluding carboxylic acids is 1. The fourth-order valence-electron chi connectivity index (χ4n) is 1.55. The van der Waals surface area contributed by atoms with E-state index in [1.807, 2.05) is 0 Å². The molecule has 3 N–H and O–H groups in total. The predicted octanol–water partition coefficient (Wildman–Crippen LogP) is -0.243. The third kappa shape index (κ3) is 6.83. The molecule has 0 bridgehead atoms. The minimum absolute atomic E-state index is 0.0525. The van der Waals surface area contributed by atoms with Crippen molar-refractivity contribution >= 4 is 11.9 Å². The van der Waals surface area contributed by atoms with E-state index in [0.717, 1.165) is 13.0 Å². The SMILES string of the molecule is CC(C)NCCCC(=O)NCc1cn(CC(=O)O)nn1. The van der Waals surface area contributed by atoms with Crippen molar-refractivity contribution in [1.29, 1.82) is 0 Å². The minimum atomic E-state index is -0.983. The molecule has 0 saturated heterocycles. The molecule has 0 aliphatic heterocycles. The summed E-state index contributed by atoms with van der Waals surface area (Å²) in [4.78, 5) is 22.0. The lowest BCUT2D eigenvalue weighted by molar-refractivity contribution is -0.138. The van der Waals surface area contributed by atoms with Crippen LogP contribution in [0.4, 0.5) is 0 Å². The highest BCUT2D eigenvalue weighted by Gasteiger charge is 2.06. The van der Waals surface area contributed by atoms with Crippen molar-refractivity contribution < 1.29 is 14.7 Å². The zero-order valence-corrected chi connectivity index (χ0v) is 11.8. The van der Waals surface area contributed by atoms with Crippen LogP contribution in [-0.4, -0.2) is 44.6 Å². The fraction of sp³-hybridized carbons (Fsp3) is 0.667. The lowest BCUT2D eigenvalue weighted by atomic mass is 10.2. The monoisotopic (exact) mass is 283 g/mol. The predicted molar refractivity (Wildman–Crippen MR) is 71.9 cm³/mol. The van der Waals surface area contributed by atoms with Crippen molar-refractivity contribution in [3.05, 3.63) is 11.9 Å². The summed E-state index contributed by atoms with van der Waals surface area (Å²) in [5, 5.41) is 22.0. The summed E-state index contributed by atoms with van der Waals surface area (Å²) < 4.78 is 1.22. The number of amides is 1. The number of carboxylic acid groups (broad SMARTS) is 1. The number of carboxylic acids is 1. The topological polar surface area (TPSA) is 109 Å². The Morgan fingerprint density at radius 3 is 2.85 bits per heavy atom. The standard InChI is InChI=1S/C12H21N5O3/c1-9(2)13-5-3-4-11(18)14-6-10-7-17(16-15-10)8-12(19)20/h7,9,13H,3-6,8H2,1-2H3,(H,14,18)(H,19,20). The molecule has 1 amide bonds.